The monoisotopic (exact) mass is 332 g/mol. The van der Waals surface area contributed by atoms with Gasteiger partial charge in [0.15, 0.2) is 0 Å². The predicted molar refractivity (Wildman–Crippen MR) is 84.4 cm³/mol. The van der Waals surface area contributed by atoms with Gasteiger partial charge in [0.05, 0.1) is 0 Å². The Hall–Kier alpha value is -1.65. The first-order chi connectivity index (χ1) is 9.56. The second-order valence-corrected chi connectivity index (χ2v) is 5.64. The Labute approximate surface area is 127 Å². The molecule has 3 nitrogen and oxygen atoms in total. The van der Waals surface area contributed by atoms with E-state index in [1.807, 2.05) is 30.3 Å². The molecular formula is C16H17BrN2O. The molecule has 0 radical (unpaired) electrons. The summed E-state index contributed by atoms with van der Waals surface area (Å²) < 4.78 is 1.07. The van der Waals surface area contributed by atoms with Crippen LogP contribution in [0.4, 0.5) is 0 Å². The van der Waals surface area contributed by atoms with Crippen LogP contribution in [-0.2, 0) is 6.54 Å². The Morgan fingerprint density at radius 1 is 1.25 bits per heavy atom. The smallest absolute Gasteiger partial charge is 0.248 e. The van der Waals surface area contributed by atoms with Gasteiger partial charge in [-0.15, -0.1) is 0 Å². The zero-order valence-electron chi connectivity index (χ0n) is 11.3. The molecule has 0 aliphatic carbocycles. The molecule has 3 N–H and O–H groups in total. The molecule has 20 heavy (non-hydrogen) atoms. The van der Waals surface area contributed by atoms with Crippen LogP contribution in [0.25, 0.3) is 0 Å². The number of halogens is 1. The van der Waals surface area contributed by atoms with E-state index in [1.54, 1.807) is 6.07 Å². The summed E-state index contributed by atoms with van der Waals surface area (Å²) in [7, 11) is 0. The van der Waals surface area contributed by atoms with E-state index in [0.29, 0.717) is 12.1 Å². The highest BCUT2D eigenvalue weighted by Gasteiger charge is 2.06. The first-order valence-corrected chi connectivity index (χ1v) is 7.23. The number of rotatable bonds is 5. The first kappa shape index (κ1) is 14.8. The van der Waals surface area contributed by atoms with Gasteiger partial charge in [0.2, 0.25) is 5.91 Å². The van der Waals surface area contributed by atoms with Crippen molar-refractivity contribution in [3.05, 3.63) is 69.7 Å². The van der Waals surface area contributed by atoms with E-state index >= 15 is 0 Å². The molecule has 0 fully saturated rings. The summed E-state index contributed by atoms with van der Waals surface area (Å²) >= 11 is 3.47. The topological polar surface area (TPSA) is 55.1 Å². The van der Waals surface area contributed by atoms with Crippen molar-refractivity contribution >= 4 is 21.8 Å². The maximum Gasteiger partial charge on any atom is 0.248 e. The van der Waals surface area contributed by atoms with Crippen LogP contribution >= 0.6 is 15.9 Å². The van der Waals surface area contributed by atoms with E-state index in [9.17, 15) is 4.79 Å². The number of carbonyl (C=O) groups is 1. The number of nitrogens with one attached hydrogen (secondary N) is 1. The highest BCUT2D eigenvalue weighted by Crippen LogP contribution is 2.18. The van der Waals surface area contributed by atoms with Crippen molar-refractivity contribution in [1.82, 2.24) is 5.32 Å². The molecule has 1 atom stereocenters. The van der Waals surface area contributed by atoms with Crippen LogP contribution in [0.1, 0.15) is 34.5 Å². The second kappa shape index (κ2) is 6.68. The minimum atomic E-state index is -0.396. The zero-order valence-corrected chi connectivity index (χ0v) is 12.9. The third-order valence-corrected chi connectivity index (χ3v) is 3.67. The highest BCUT2D eigenvalue weighted by atomic mass is 79.9. The van der Waals surface area contributed by atoms with Gasteiger partial charge >= 0.3 is 0 Å². The Bertz CT molecular complexity index is 613. The van der Waals surface area contributed by atoms with E-state index in [1.165, 1.54) is 5.56 Å². The van der Waals surface area contributed by atoms with Gasteiger partial charge in [-0.2, -0.15) is 0 Å². The fourth-order valence-electron chi connectivity index (χ4n) is 2.00. The number of carbonyl (C=O) groups excluding carboxylic acids is 1. The normalized spacial score (nSPS) is 12.1. The molecule has 0 saturated heterocycles. The molecule has 2 aromatic carbocycles. The molecule has 2 rings (SSSR count). The maximum atomic E-state index is 11.1. The van der Waals surface area contributed by atoms with Gasteiger partial charge < -0.3 is 11.1 Å². The molecule has 0 spiro atoms. The Balaban J connectivity index is 2.01. The molecule has 0 aliphatic rings. The van der Waals surface area contributed by atoms with E-state index in [0.717, 1.165) is 10.0 Å². The molecule has 2 aromatic rings. The molecular weight excluding hydrogens is 316 g/mol. The average Bonchev–Trinajstić information content (AvgIpc) is 2.45. The van der Waals surface area contributed by atoms with Gasteiger partial charge in [-0.1, -0.05) is 40.2 Å². The summed E-state index contributed by atoms with van der Waals surface area (Å²) in [4.78, 5) is 11.1. The Morgan fingerprint density at radius 3 is 2.70 bits per heavy atom. The van der Waals surface area contributed by atoms with Gasteiger partial charge in [0, 0.05) is 22.6 Å². The fourth-order valence-corrected chi connectivity index (χ4v) is 2.42. The third kappa shape index (κ3) is 3.92. The summed E-state index contributed by atoms with van der Waals surface area (Å²) in [5.74, 6) is -0.396. The summed E-state index contributed by atoms with van der Waals surface area (Å²) in [5.41, 5.74) is 8.08. The largest absolute Gasteiger partial charge is 0.366 e. The van der Waals surface area contributed by atoms with Crippen molar-refractivity contribution in [2.45, 2.75) is 19.5 Å². The van der Waals surface area contributed by atoms with Crippen LogP contribution < -0.4 is 11.1 Å². The number of hydrogen-bond donors (Lipinski definition) is 2. The SMILES string of the molecule is C[C@@H](NCc1cccc(C(N)=O)c1)c1cccc(Br)c1. The summed E-state index contributed by atoms with van der Waals surface area (Å²) in [6, 6.07) is 15.8. The van der Waals surface area contributed by atoms with E-state index in [4.69, 9.17) is 5.73 Å². The van der Waals surface area contributed by atoms with Crippen LogP contribution in [0.5, 0.6) is 0 Å². The lowest BCUT2D eigenvalue weighted by molar-refractivity contribution is 0.1000. The van der Waals surface area contributed by atoms with Crippen molar-refractivity contribution in [1.29, 1.82) is 0 Å². The quantitative estimate of drug-likeness (QED) is 0.881. The van der Waals surface area contributed by atoms with E-state index < -0.39 is 5.91 Å². The number of primary amides is 1. The van der Waals surface area contributed by atoms with Gasteiger partial charge in [0.1, 0.15) is 0 Å². The van der Waals surface area contributed by atoms with Gasteiger partial charge in [-0.25, -0.2) is 0 Å². The van der Waals surface area contributed by atoms with Gasteiger partial charge in [-0.05, 0) is 42.3 Å². The second-order valence-electron chi connectivity index (χ2n) is 4.72. The molecule has 0 aromatic heterocycles. The molecule has 0 unspecified atom stereocenters. The number of nitrogens with two attached hydrogens (primary N) is 1. The van der Waals surface area contributed by atoms with Crippen LogP contribution in [0.3, 0.4) is 0 Å². The van der Waals surface area contributed by atoms with Crippen LogP contribution in [-0.4, -0.2) is 5.91 Å². The summed E-state index contributed by atoms with van der Waals surface area (Å²) in [6.07, 6.45) is 0. The van der Waals surface area contributed by atoms with Gasteiger partial charge in [-0.3, -0.25) is 4.79 Å². The summed E-state index contributed by atoms with van der Waals surface area (Å²) in [5, 5.41) is 3.44. The van der Waals surface area contributed by atoms with Crippen LogP contribution in [0.2, 0.25) is 0 Å². The number of amides is 1. The average molecular weight is 333 g/mol. The van der Waals surface area contributed by atoms with Gasteiger partial charge in [0.25, 0.3) is 0 Å². The minimum absolute atomic E-state index is 0.227. The van der Waals surface area contributed by atoms with Crippen molar-refractivity contribution in [3.63, 3.8) is 0 Å². The minimum Gasteiger partial charge on any atom is -0.366 e. The zero-order chi connectivity index (χ0) is 14.5. The van der Waals surface area contributed by atoms with Crippen molar-refractivity contribution in [2.75, 3.05) is 0 Å². The van der Waals surface area contributed by atoms with Crippen LogP contribution in [0, 0.1) is 0 Å². The number of hydrogen-bond acceptors (Lipinski definition) is 2. The molecule has 0 bridgehead atoms. The summed E-state index contributed by atoms with van der Waals surface area (Å²) in [6.45, 7) is 2.80. The third-order valence-electron chi connectivity index (χ3n) is 3.17. The maximum absolute atomic E-state index is 11.1. The van der Waals surface area contributed by atoms with E-state index in [-0.39, 0.29) is 6.04 Å². The Morgan fingerprint density at radius 2 is 2.00 bits per heavy atom. The molecule has 0 heterocycles. The standard InChI is InChI=1S/C16H17BrN2O/c1-11(13-5-3-7-15(17)9-13)19-10-12-4-2-6-14(8-12)16(18)20/h2-9,11,19H,10H2,1H3,(H2,18,20)/t11-/m1/s1. The lowest BCUT2D eigenvalue weighted by Crippen LogP contribution is -2.18. The fraction of sp³-hybridized carbons (Fsp3) is 0.188. The highest BCUT2D eigenvalue weighted by molar-refractivity contribution is 9.10. The molecule has 4 heteroatoms. The number of benzene rings is 2. The molecule has 0 saturated carbocycles. The van der Waals surface area contributed by atoms with Crippen molar-refractivity contribution < 1.29 is 4.79 Å². The molecule has 1 amide bonds. The van der Waals surface area contributed by atoms with E-state index in [2.05, 4.69) is 40.3 Å². The predicted octanol–water partition coefficient (Wildman–Crippen LogP) is 3.40. The van der Waals surface area contributed by atoms with Crippen LogP contribution in [0.15, 0.2) is 53.0 Å². The molecule has 0 aliphatic heterocycles. The van der Waals surface area contributed by atoms with Crippen molar-refractivity contribution in [2.24, 2.45) is 5.73 Å². The lowest BCUT2D eigenvalue weighted by atomic mass is 10.1. The molecule has 104 valence electrons. The lowest BCUT2D eigenvalue weighted by Gasteiger charge is -2.15. The van der Waals surface area contributed by atoms with Crippen molar-refractivity contribution in [3.8, 4) is 0 Å². The first-order valence-electron chi connectivity index (χ1n) is 6.44. The Kier molecular flexibility index (Phi) is 4.93.